The third kappa shape index (κ3) is 3.50. The molecule has 0 spiro atoms. The van der Waals surface area contributed by atoms with Gasteiger partial charge in [-0.1, -0.05) is 0 Å². The first kappa shape index (κ1) is 17.9. The van der Waals surface area contributed by atoms with Gasteiger partial charge in [0.1, 0.15) is 11.9 Å². The predicted molar refractivity (Wildman–Crippen MR) is 110 cm³/mol. The van der Waals surface area contributed by atoms with E-state index in [1.807, 2.05) is 25.3 Å². The molecule has 2 aliphatic rings. The molecule has 1 aromatic carbocycles. The molecule has 148 valence electrons. The lowest BCUT2D eigenvalue weighted by Crippen LogP contribution is -2.25. The van der Waals surface area contributed by atoms with E-state index in [1.165, 1.54) is 0 Å². The van der Waals surface area contributed by atoms with Gasteiger partial charge in [0, 0.05) is 47.8 Å². The van der Waals surface area contributed by atoms with Crippen LogP contribution in [0.2, 0.25) is 0 Å². The highest BCUT2D eigenvalue weighted by Crippen LogP contribution is 2.35. The number of carbonyl (C=O) groups excluding carboxylic acids is 1. The van der Waals surface area contributed by atoms with Crippen molar-refractivity contribution in [2.24, 2.45) is 5.92 Å². The Kier molecular flexibility index (Phi) is 4.54. The number of aromatic nitrogens is 2. The summed E-state index contributed by atoms with van der Waals surface area (Å²) in [6, 6.07) is 10.2. The molecule has 5 rings (SSSR count). The topological polar surface area (TPSA) is 73.3 Å². The van der Waals surface area contributed by atoms with Gasteiger partial charge in [0.2, 0.25) is 11.8 Å². The maximum absolute atomic E-state index is 11.6. The maximum atomic E-state index is 11.6. The van der Waals surface area contributed by atoms with E-state index in [-0.39, 0.29) is 17.9 Å². The number of pyridine rings is 2. The SMILES string of the molecule is C[C@@H](Oc1cc(-c2cnc3c(c2)CCCO3)cc2ncccc12)[C@H]1CNC(=O)C1. The van der Waals surface area contributed by atoms with Crippen LogP contribution in [0, 0.1) is 5.92 Å². The van der Waals surface area contributed by atoms with Gasteiger partial charge in [-0.05, 0) is 55.7 Å². The van der Waals surface area contributed by atoms with Crippen LogP contribution in [-0.2, 0) is 11.2 Å². The van der Waals surface area contributed by atoms with E-state index in [4.69, 9.17) is 9.47 Å². The van der Waals surface area contributed by atoms with Crippen molar-refractivity contribution in [3.05, 3.63) is 48.3 Å². The Labute approximate surface area is 169 Å². The molecule has 1 N–H and O–H groups in total. The fourth-order valence-corrected chi connectivity index (χ4v) is 4.07. The summed E-state index contributed by atoms with van der Waals surface area (Å²) in [6.07, 6.45) is 6.05. The van der Waals surface area contributed by atoms with Crippen molar-refractivity contribution < 1.29 is 14.3 Å². The van der Waals surface area contributed by atoms with Gasteiger partial charge < -0.3 is 14.8 Å². The van der Waals surface area contributed by atoms with Gasteiger partial charge in [-0.2, -0.15) is 0 Å². The minimum absolute atomic E-state index is 0.0809. The number of nitrogens with one attached hydrogen (secondary N) is 1. The summed E-state index contributed by atoms with van der Waals surface area (Å²) in [5, 5.41) is 3.86. The summed E-state index contributed by atoms with van der Waals surface area (Å²) in [6.45, 7) is 3.41. The first-order valence-electron chi connectivity index (χ1n) is 10.1. The zero-order valence-corrected chi connectivity index (χ0v) is 16.4. The Morgan fingerprint density at radius 3 is 3.03 bits per heavy atom. The van der Waals surface area contributed by atoms with Crippen LogP contribution in [0.15, 0.2) is 42.7 Å². The molecule has 1 saturated heterocycles. The van der Waals surface area contributed by atoms with E-state index in [0.29, 0.717) is 13.0 Å². The summed E-state index contributed by atoms with van der Waals surface area (Å²) in [5.41, 5.74) is 4.06. The van der Waals surface area contributed by atoms with Crippen molar-refractivity contribution in [1.82, 2.24) is 15.3 Å². The lowest BCUT2D eigenvalue weighted by Gasteiger charge is -2.21. The molecule has 3 aromatic rings. The number of hydrogen-bond acceptors (Lipinski definition) is 5. The second-order valence-electron chi connectivity index (χ2n) is 7.78. The number of benzene rings is 1. The van der Waals surface area contributed by atoms with Crippen molar-refractivity contribution in [3.63, 3.8) is 0 Å². The van der Waals surface area contributed by atoms with E-state index in [2.05, 4.69) is 33.5 Å². The largest absolute Gasteiger partial charge is 0.490 e. The molecule has 2 atom stereocenters. The molecule has 6 nitrogen and oxygen atoms in total. The van der Waals surface area contributed by atoms with E-state index in [9.17, 15) is 4.79 Å². The van der Waals surface area contributed by atoms with Gasteiger partial charge in [-0.15, -0.1) is 0 Å². The number of aryl methyl sites for hydroxylation is 1. The smallest absolute Gasteiger partial charge is 0.220 e. The summed E-state index contributed by atoms with van der Waals surface area (Å²) < 4.78 is 12.0. The van der Waals surface area contributed by atoms with E-state index >= 15 is 0 Å². The number of carbonyl (C=O) groups is 1. The molecular formula is C23H23N3O3. The molecule has 4 heterocycles. The van der Waals surface area contributed by atoms with Crippen LogP contribution in [0.3, 0.4) is 0 Å². The Hall–Kier alpha value is -3.15. The van der Waals surface area contributed by atoms with E-state index in [0.717, 1.165) is 58.7 Å². The standard InChI is InChI=1S/C23H23N3O3/c1-14(17-11-22(27)25-12-17)29-21-10-16(9-20-19(21)5-2-6-24-20)18-8-15-4-3-7-28-23(15)26-13-18/h2,5-6,8-10,13-14,17H,3-4,7,11-12H2,1H3,(H,25,27)/t14-,17-/m1/s1. The highest BCUT2D eigenvalue weighted by atomic mass is 16.5. The molecule has 1 fully saturated rings. The lowest BCUT2D eigenvalue weighted by atomic mass is 10.00. The maximum Gasteiger partial charge on any atom is 0.220 e. The van der Waals surface area contributed by atoms with Crippen LogP contribution < -0.4 is 14.8 Å². The molecule has 2 aromatic heterocycles. The zero-order valence-electron chi connectivity index (χ0n) is 16.4. The van der Waals surface area contributed by atoms with Gasteiger partial charge in [-0.25, -0.2) is 4.98 Å². The van der Waals surface area contributed by atoms with Crippen molar-refractivity contribution in [1.29, 1.82) is 0 Å². The van der Waals surface area contributed by atoms with Crippen molar-refractivity contribution in [2.45, 2.75) is 32.3 Å². The van der Waals surface area contributed by atoms with Crippen molar-refractivity contribution in [2.75, 3.05) is 13.2 Å². The number of ether oxygens (including phenoxy) is 2. The second-order valence-corrected chi connectivity index (χ2v) is 7.78. The van der Waals surface area contributed by atoms with Crippen LogP contribution in [0.5, 0.6) is 11.6 Å². The molecule has 0 bridgehead atoms. The predicted octanol–water partition coefficient (Wildman–Crippen LogP) is 3.53. The highest BCUT2D eigenvalue weighted by molar-refractivity contribution is 5.90. The Morgan fingerprint density at radius 2 is 2.17 bits per heavy atom. The normalized spacial score (nSPS) is 19.3. The van der Waals surface area contributed by atoms with Gasteiger partial charge in [-0.3, -0.25) is 9.78 Å². The second kappa shape index (κ2) is 7.35. The van der Waals surface area contributed by atoms with Crippen LogP contribution >= 0.6 is 0 Å². The molecule has 1 amide bonds. The molecule has 0 unspecified atom stereocenters. The minimum atomic E-state index is -0.0809. The fraction of sp³-hybridized carbons (Fsp3) is 0.348. The number of hydrogen-bond donors (Lipinski definition) is 1. The van der Waals surface area contributed by atoms with E-state index in [1.54, 1.807) is 6.20 Å². The molecule has 0 radical (unpaired) electrons. The van der Waals surface area contributed by atoms with Crippen LogP contribution in [-0.4, -0.2) is 35.1 Å². The van der Waals surface area contributed by atoms with Crippen LogP contribution in [0.1, 0.15) is 25.3 Å². The third-order valence-corrected chi connectivity index (χ3v) is 5.76. The highest BCUT2D eigenvalue weighted by Gasteiger charge is 2.28. The summed E-state index contributed by atoms with van der Waals surface area (Å²) in [5.74, 6) is 1.78. The molecule has 6 heteroatoms. The average molecular weight is 389 g/mol. The summed E-state index contributed by atoms with van der Waals surface area (Å²) >= 11 is 0. The van der Waals surface area contributed by atoms with Crippen molar-refractivity contribution >= 4 is 16.8 Å². The molecule has 29 heavy (non-hydrogen) atoms. The Bertz CT molecular complexity index is 1080. The third-order valence-electron chi connectivity index (χ3n) is 5.76. The average Bonchev–Trinajstić information content (AvgIpc) is 3.20. The summed E-state index contributed by atoms with van der Waals surface area (Å²) in [4.78, 5) is 20.6. The number of rotatable bonds is 4. The van der Waals surface area contributed by atoms with Gasteiger partial charge in [0.15, 0.2) is 0 Å². The van der Waals surface area contributed by atoms with Gasteiger partial charge in [0.05, 0.1) is 12.1 Å². The van der Waals surface area contributed by atoms with Crippen LogP contribution in [0.25, 0.3) is 22.0 Å². The van der Waals surface area contributed by atoms with E-state index < -0.39 is 0 Å². The first-order valence-corrected chi connectivity index (χ1v) is 10.1. The molecular weight excluding hydrogens is 366 g/mol. The van der Waals surface area contributed by atoms with Gasteiger partial charge >= 0.3 is 0 Å². The molecule has 2 aliphatic heterocycles. The van der Waals surface area contributed by atoms with Crippen molar-refractivity contribution in [3.8, 4) is 22.8 Å². The fourth-order valence-electron chi connectivity index (χ4n) is 4.07. The summed E-state index contributed by atoms with van der Waals surface area (Å²) in [7, 11) is 0. The zero-order chi connectivity index (χ0) is 19.8. The number of fused-ring (bicyclic) bond motifs is 2. The van der Waals surface area contributed by atoms with Crippen LogP contribution in [0.4, 0.5) is 0 Å². The lowest BCUT2D eigenvalue weighted by molar-refractivity contribution is -0.119. The minimum Gasteiger partial charge on any atom is -0.490 e. The first-order chi connectivity index (χ1) is 14.2. The van der Waals surface area contributed by atoms with Gasteiger partial charge in [0.25, 0.3) is 0 Å². The number of nitrogens with zero attached hydrogens (tertiary/aromatic N) is 2. The monoisotopic (exact) mass is 389 g/mol. The molecule has 0 aliphatic carbocycles. The number of amides is 1. The molecule has 0 saturated carbocycles. The Balaban J connectivity index is 1.53. The quantitative estimate of drug-likeness (QED) is 0.739. The Morgan fingerprint density at radius 1 is 1.24 bits per heavy atom.